The van der Waals surface area contributed by atoms with Crippen molar-refractivity contribution in [3.63, 3.8) is 0 Å². The van der Waals surface area contributed by atoms with Gasteiger partial charge in [0.05, 0.1) is 12.2 Å². The molecule has 0 saturated carbocycles. The SMILES string of the molecule is COCCNC(=O)CCc1nnc(-c2cccnc2)o1. The van der Waals surface area contributed by atoms with Gasteiger partial charge in [-0.25, -0.2) is 0 Å². The monoisotopic (exact) mass is 276 g/mol. The third-order valence-electron chi connectivity index (χ3n) is 2.57. The molecule has 20 heavy (non-hydrogen) atoms. The standard InChI is InChI=1S/C13H16N4O3/c1-19-8-7-15-11(18)4-5-12-16-17-13(20-12)10-3-2-6-14-9-10/h2-3,6,9H,4-5,7-8H2,1H3,(H,15,18). The summed E-state index contributed by atoms with van der Waals surface area (Å²) in [6.45, 7) is 0.998. The van der Waals surface area contributed by atoms with Crippen LogP contribution in [0, 0.1) is 0 Å². The fourth-order valence-electron chi connectivity index (χ4n) is 1.56. The summed E-state index contributed by atoms with van der Waals surface area (Å²) in [5, 5.41) is 10.6. The van der Waals surface area contributed by atoms with Crippen molar-refractivity contribution in [3.05, 3.63) is 30.4 Å². The van der Waals surface area contributed by atoms with Crippen LogP contribution >= 0.6 is 0 Å². The highest BCUT2D eigenvalue weighted by Gasteiger charge is 2.10. The second-order valence-electron chi connectivity index (χ2n) is 4.09. The highest BCUT2D eigenvalue weighted by Crippen LogP contribution is 2.16. The summed E-state index contributed by atoms with van der Waals surface area (Å²) in [4.78, 5) is 15.5. The number of pyridine rings is 1. The zero-order chi connectivity index (χ0) is 14.2. The molecule has 2 aromatic heterocycles. The summed E-state index contributed by atoms with van der Waals surface area (Å²) in [5.74, 6) is 0.779. The predicted molar refractivity (Wildman–Crippen MR) is 70.7 cm³/mol. The number of nitrogens with one attached hydrogen (secondary N) is 1. The molecule has 0 spiro atoms. The first-order valence-corrected chi connectivity index (χ1v) is 6.28. The Morgan fingerprint density at radius 1 is 1.45 bits per heavy atom. The molecule has 0 saturated heterocycles. The Balaban J connectivity index is 1.83. The van der Waals surface area contributed by atoms with E-state index in [4.69, 9.17) is 9.15 Å². The average Bonchev–Trinajstić information content (AvgIpc) is 2.95. The number of carbonyl (C=O) groups is 1. The van der Waals surface area contributed by atoms with E-state index in [0.29, 0.717) is 37.8 Å². The molecular formula is C13H16N4O3. The summed E-state index contributed by atoms with van der Waals surface area (Å²) in [7, 11) is 1.59. The number of amides is 1. The van der Waals surface area contributed by atoms with E-state index in [0.717, 1.165) is 5.56 Å². The number of carbonyl (C=O) groups excluding carboxylic acids is 1. The van der Waals surface area contributed by atoms with Gasteiger partial charge in [0.2, 0.25) is 17.7 Å². The molecule has 7 heteroatoms. The van der Waals surface area contributed by atoms with Gasteiger partial charge < -0.3 is 14.5 Å². The smallest absolute Gasteiger partial charge is 0.249 e. The molecule has 7 nitrogen and oxygen atoms in total. The Bertz CT molecular complexity index is 542. The van der Waals surface area contributed by atoms with Crippen LogP contribution < -0.4 is 5.32 Å². The van der Waals surface area contributed by atoms with Gasteiger partial charge in [-0.1, -0.05) is 0 Å². The van der Waals surface area contributed by atoms with Crippen LogP contribution in [0.4, 0.5) is 0 Å². The van der Waals surface area contributed by atoms with E-state index < -0.39 is 0 Å². The second-order valence-corrected chi connectivity index (χ2v) is 4.09. The van der Waals surface area contributed by atoms with Crippen molar-refractivity contribution in [1.82, 2.24) is 20.5 Å². The molecule has 2 rings (SSSR count). The summed E-state index contributed by atoms with van der Waals surface area (Å²) >= 11 is 0. The number of nitrogens with zero attached hydrogens (tertiary/aromatic N) is 3. The van der Waals surface area contributed by atoms with E-state index in [9.17, 15) is 4.79 Å². The summed E-state index contributed by atoms with van der Waals surface area (Å²) in [6.07, 6.45) is 4.03. The average molecular weight is 276 g/mol. The molecule has 0 aliphatic rings. The molecule has 0 bridgehead atoms. The normalized spacial score (nSPS) is 10.4. The number of ether oxygens (including phenoxy) is 1. The van der Waals surface area contributed by atoms with Crippen molar-refractivity contribution in [2.75, 3.05) is 20.3 Å². The van der Waals surface area contributed by atoms with E-state index in [1.165, 1.54) is 0 Å². The van der Waals surface area contributed by atoms with Crippen molar-refractivity contribution in [3.8, 4) is 11.5 Å². The number of methoxy groups -OCH3 is 1. The third kappa shape index (κ3) is 4.13. The van der Waals surface area contributed by atoms with Gasteiger partial charge in [-0.2, -0.15) is 0 Å². The van der Waals surface area contributed by atoms with E-state index in [1.54, 1.807) is 25.6 Å². The lowest BCUT2D eigenvalue weighted by Crippen LogP contribution is -2.27. The van der Waals surface area contributed by atoms with Gasteiger partial charge in [0.15, 0.2) is 0 Å². The van der Waals surface area contributed by atoms with Crippen molar-refractivity contribution in [1.29, 1.82) is 0 Å². The van der Waals surface area contributed by atoms with Crippen LogP contribution in [-0.2, 0) is 16.0 Å². The van der Waals surface area contributed by atoms with Crippen LogP contribution in [0.25, 0.3) is 11.5 Å². The van der Waals surface area contributed by atoms with Crippen molar-refractivity contribution in [2.24, 2.45) is 0 Å². The van der Waals surface area contributed by atoms with Crippen LogP contribution in [-0.4, -0.2) is 41.3 Å². The fourth-order valence-corrected chi connectivity index (χ4v) is 1.56. The molecule has 0 fully saturated rings. The molecule has 2 aromatic rings. The van der Waals surface area contributed by atoms with Gasteiger partial charge >= 0.3 is 0 Å². The molecule has 1 amide bonds. The Morgan fingerprint density at radius 2 is 2.35 bits per heavy atom. The molecule has 1 N–H and O–H groups in total. The van der Waals surface area contributed by atoms with E-state index in [1.807, 2.05) is 6.07 Å². The van der Waals surface area contributed by atoms with E-state index in [2.05, 4.69) is 20.5 Å². The molecule has 0 radical (unpaired) electrons. The van der Waals surface area contributed by atoms with Gasteiger partial charge in [-0.05, 0) is 12.1 Å². The Labute approximate surface area is 116 Å². The van der Waals surface area contributed by atoms with Crippen molar-refractivity contribution < 1.29 is 13.9 Å². The predicted octanol–water partition coefficient (Wildman–Crippen LogP) is 0.827. The Morgan fingerprint density at radius 3 is 3.10 bits per heavy atom. The first-order chi connectivity index (χ1) is 9.79. The van der Waals surface area contributed by atoms with E-state index in [-0.39, 0.29) is 5.91 Å². The highest BCUT2D eigenvalue weighted by molar-refractivity contribution is 5.75. The third-order valence-corrected chi connectivity index (χ3v) is 2.57. The number of hydrogen-bond donors (Lipinski definition) is 1. The maximum absolute atomic E-state index is 11.5. The minimum absolute atomic E-state index is 0.0665. The highest BCUT2D eigenvalue weighted by atomic mass is 16.5. The molecule has 2 heterocycles. The quantitative estimate of drug-likeness (QED) is 0.753. The molecule has 0 aliphatic heterocycles. The van der Waals surface area contributed by atoms with Crippen molar-refractivity contribution >= 4 is 5.91 Å². The zero-order valence-electron chi connectivity index (χ0n) is 11.2. The van der Waals surface area contributed by atoms with Crippen molar-refractivity contribution in [2.45, 2.75) is 12.8 Å². The van der Waals surface area contributed by atoms with Crippen LogP contribution in [0.1, 0.15) is 12.3 Å². The van der Waals surface area contributed by atoms with Gasteiger partial charge in [0, 0.05) is 38.9 Å². The maximum atomic E-state index is 11.5. The lowest BCUT2D eigenvalue weighted by molar-refractivity contribution is -0.121. The van der Waals surface area contributed by atoms with Gasteiger partial charge in [-0.3, -0.25) is 9.78 Å². The van der Waals surface area contributed by atoms with Crippen LogP contribution in [0.2, 0.25) is 0 Å². The second kappa shape index (κ2) is 7.34. The minimum atomic E-state index is -0.0665. The van der Waals surface area contributed by atoms with Gasteiger partial charge in [0.1, 0.15) is 0 Å². The van der Waals surface area contributed by atoms with Gasteiger partial charge in [0.25, 0.3) is 0 Å². The van der Waals surface area contributed by atoms with Crippen LogP contribution in [0.3, 0.4) is 0 Å². The number of aryl methyl sites for hydroxylation is 1. The molecule has 0 unspecified atom stereocenters. The summed E-state index contributed by atoms with van der Waals surface area (Å²) in [5.41, 5.74) is 0.760. The van der Waals surface area contributed by atoms with Crippen LogP contribution in [0.15, 0.2) is 28.9 Å². The maximum Gasteiger partial charge on any atom is 0.249 e. The molecular weight excluding hydrogens is 260 g/mol. The molecule has 0 aliphatic carbocycles. The molecule has 106 valence electrons. The fraction of sp³-hybridized carbons (Fsp3) is 0.385. The first-order valence-electron chi connectivity index (χ1n) is 6.28. The summed E-state index contributed by atoms with van der Waals surface area (Å²) in [6, 6.07) is 3.63. The number of rotatable bonds is 7. The lowest BCUT2D eigenvalue weighted by atomic mass is 10.3. The Kier molecular flexibility index (Phi) is 5.19. The topological polar surface area (TPSA) is 90.1 Å². The number of aromatic nitrogens is 3. The largest absolute Gasteiger partial charge is 0.421 e. The number of hydrogen-bond acceptors (Lipinski definition) is 6. The lowest BCUT2D eigenvalue weighted by Gasteiger charge is -2.02. The van der Waals surface area contributed by atoms with Crippen LogP contribution in [0.5, 0.6) is 0 Å². The first kappa shape index (κ1) is 14.1. The summed E-state index contributed by atoms with van der Waals surface area (Å²) < 4.78 is 10.3. The minimum Gasteiger partial charge on any atom is -0.421 e. The van der Waals surface area contributed by atoms with Gasteiger partial charge in [-0.15, -0.1) is 10.2 Å². The molecule has 0 atom stereocenters. The van der Waals surface area contributed by atoms with E-state index >= 15 is 0 Å². The zero-order valence-corrected chi connectivity index (χ0v) is 11.2. The Hall–Kier alpha value is -2.28. The molecule has 0 aromatic carbocycles.